The first-order chi connectivity index (χ1) is 14.6. The molecule has 0 aliphatic rings. The minimum Gasteiger partial charge on any atom is -0.462 e. The number of benzene rings is 2. The van der Waals surface area contributed by atoms with Crippen LogP contribution in [0.3, 0.4) is 0 Å². The average molecular weight is 465 g/mol. The van der Waals surface area contributed by atoms with Crippen LogP contribution in [0.5, 0.6) is 0 Å². The average Bonchev–Trinajstić information content (AvgIpc) is 3.08. The highest BCUT2D eigenvalue weighted by molar-refractivity contribution is 6.35. The number of carbonyl (C=O) groups excluding carboxylic acids is 2. The van der Waals surface area contributed by atoms with Crippen LogP contribution >= 0.6 is 23.2 Å². The van der Waals surface area contributed by atoms with Crippen LogP contribution in [0.2, 0.25) is 10.0 Å². The van der Waals surface area contributed by atoms with E-state index < -0.39 is 17.7 Å². The Kier molecular flexibility index (Phi) is 7.08. The first-order valence-electron chi connectivity index (χ1n) is 9.62. The summed E-state index contributed by atoms with van der Waals surface area (Å²) in [6.45, 7) is 5.83. The standard InChI is InChI=1S/C22H22Cl2N2O5/c1-22(2,3)31-21(28)25-7-4-8-29-20(27)13-5-6-17-18(11-13)30-19(26-17)14-9-15(23)12-16(24)10-14/h5-6,9-12H,4,7-8H2,1-3H3,(H,25,28). The molecule has 0 saturated carbocycles. The molecule has 0 atom stereocenters. The molecule has 0 fully saturated rings. The van der Waals surface area contributed by atoms with Gasteiger partial charge in [0.2, 0.25) is 5.89 Å². The summed E-state index contributed by atoms with van der Waals surface area (Å²) in [7, 11) is 0. The van der Waals surface area contributed by atoms with Crippen molar-refractivity contribution in [3.8, 4) is 11.5 Å². The molecule has 2 aromatic carbocycles. The monoisotopic (exact) mass is 464 g/mol. The molecule has 9 heteroatoms. The van der Waals surface area contributed by atoms with E-state index >= 15 is 0 Å². The Balaban J connectivity index is 1.56. The normalized spacial score (nSPS) is 11.4. The number of hydrogen-bond acceptors (Lipinski definition) is 6. The number of oxazole rings is 1. The summed E-state index contributed by atoms with van der Waals surface area (Å²) in [5.74, 6) is -0.152. The van der Waals surface area contributed by atoms with Crippen molar-refractivity contribution in [3.05, 3.63) is 52.0 Å². The lowest BCUT2D eigenvalue weighted by Crippen LogP contribution is -2.33. The lowest BCUT2D eigenvalue weighted by atomic mass is 10.2. The van der Waals surface area contributed by atoms with Gasteiger partial charge in [0.15, 0.2) is 5.58 Å². The third-order valence-electron chi connectivity index (χ3n) is 3.96. The summed E-state index contributed by atoms with van der Waals surface area (Å²) in [6, 6.07) is 9.86. The Hall–Kier alpha value is -2.77. The Morgan fingerprint density at radius 2 is 1.81 bits per heavy atom. The minimum absolute atomic E-state index is 0.148. The first kappa shape index (κ1) is 22.9. The number of hydrogen-bond donors (Lipinski definition) is 1. The van der Waals surface area contributed by atoms with Crippen molar-refractivity contribution >= 4 is 46.4 Å². The van der Waals surface area contributed by atoms with Crippen LogP contribution in [0.1, 0.15) is 37.6 Å². The van der Waals surface area contributed by atoms with Crippen LogP contribution in [0.25, 0.3) is 22.6 Å². The van der Waals surface area contributed by atoms with Gasteiger partial charge in [-0.25, -0.2) is 14.6 Å². The van der Waals surface area contributed by atoms with Crippen molar-refractivity contribution in [1.82, 2.24) is 10.3 Å². The zero-order valence-corrected chi connectivity index (χ0v) is 18.8. The third-order valence-corrected chi connectivity index (χ3v) is 4.39. The second kappa shape index (κ2) is 9.58. The molecule has 0 saturated heterocycles. The number of rotatable bonds is 6. The van der Waals surface area contributed by atoms with E-state index in [9.17, 15) is 9.59 Å². The molecule has 0 spiro atoms. The molecule has 1 heterocycles. The van der Waals surface area contributed by atoms with Gasteiger partial charge in [0.25, 0.3) is 0 Å². The van der Waals surface area contributed by atoms with E-state index in [0.717, 1.165) is 0 Å². The van der Waals surface area contributed by atoms with E-state index in [0.29, 0.717) is 51.1 Å². The smallest absolute Gasteiger partial charge is 0.407 e. The molecule has 7 nitrogen and oxygen atoms in total. The highest BCUT2D eigenvalue weighted by Crippen LogP contribution is 2.29. The van der Waals surface area contributed by atoms with Crippen LogP contribution in [0.15, 0.2) is 40.8 Å². The predicted molar refractivity (Wildman–Crippen MR) is 119 cm³/mol. The molecule has 1 aromatic heterocycles. The molecular formula is C22H22Cl2N2O5. The molecule has 0 aliphatic carbocycles. The maximum atomic E-state index is 12.3. The van der Waals surface area contributed by atoms with Gasteiger partial charge in [-0.15, -0.1) is 0 Å². The summed E-state index contributed by atoms with van der Waals surface area (Å²) < 4.78 is 16.2. The summed E-state index contributed by atoms with van der Waals surface area (Å²) in [5.41, 5.74) is 1.43. The SMILES string of the molecule is CC(C)(C)OC(=O)NCCCOC(=O)c1ccc2nc(-c3cc(Cl)cc(Cl)c3)oc2c1. The third kappa shape index (κ3) is 6.60. The maximum absolute atomic E-state index is 12.3. The number of amides is 1. The highest BCUT2D eigenvalue weighted by atomic mass is 35.5. The van der Waals surface area contributed by atoms with E-state index in [1.54, 1.807) is 57.2 Å². The lowest BCUT2D eigenvalue weighted by molar-refractivity contribution is 0.0483. The summed E-state index contributed by atoms with van der Waals surface area (Å²) in [4.78, 5) is 28.3. The first-order valence-corrected chi connectivity index (χ1v) is 10.4. The molecule has 0 radical (unpaired) electrons. The number of nitrogens with one attached hydrogen (secondary N) is 1. The topological polar surface area (TPSA) is 90.7 Å². The summed E-state index contributed by atoms with van der Waals surface area (Å²) in [6.07, 6.45) is -0.0544. The number of carbonyl (C=O) groups is 2. The molecular weight excluding hydrogens is 443 g/mol. The van der Waals surface area contributed by atoms with Crippen LogP contribution in [0, 0.1) is 0 Å². The Labute approximate surface area is 189 Å². The van der Waals surface area contributed by atoms with Crippen molar-refractivity contribution in [2.24, 2.45) is 0 Å². The van der Waals surface area contributed by atoms with Gasteiger partial charge >= 0.3 is 12.1 Å². The number of ether oxygens (including phenoxy) is 2. The van der Waals surface area contributed by atoms with Gasteiger partial charge in [-0.1, -0.05) is 23.2 Å². The highest BCUT2D eigenvalue weighted by Gasteiger charge is 2.16. The fourth-order valence-electron chi connectivity index (χ4n) is 2.68. The fraction of sp³-hybridized carbons (Fsp3) is 0.318. The van der Waals surface area contributed by atoms with Gasteiger partial charge in [-0.3, -0.25) is 0 Å². The van der Waals surface area contributed by atoms with Gasteiger partial charge in [0, 0.05) is 22.2 Å². The van der Waals surface area contributed by atoms with Gasteiger partial charge in [0.05, 0.1) is 12.2 Å². The molecule has 3 aromatic rings. The fourth-order valence-corrected chi connectivity index (χ4v) is 3.20. The zero-order valence-electron chi connectivity index (χ0n) is 17.3. The number of fused-ring (bicyclic) bond motifs is 1. The van der Waals surface area contributed by atoms with E-state index in [1.807, 2.05) is 0 Å². The van der Waals surface area contributed by atoms with Crippen molar-refractivity contribution in [3.63, 3.8) is 0 Å². The van der Waals surface area contributed by atoms with Gasteiger partial charge < -0.3 is 19.2 Å². The Morgan fingerprint density at radius 1 is 1.10 bits per heavy atom. The molecule has 0 unspecified atom stereocenters. The predicted octanol–water partition coefficient (Wildman–Crippen LogP) is 5.87. The van der Waals surface area contributed by atoms with Crippen LogP contribution in [0.4, 0.5) is 4.79 Å². The number of alkyl carbamates (subject to hydrolysis) is 1. The molecule has 0 bridgehead atoms. The molecule has 3 rings (SSSR count). The Morgan fingerprint density at radius 3 is 2.48 bits per heavy atom. The van der Waals surface area contributed by atoms with Crippen LogP contribution in [-0.2, 0) is 9.47 Å². The molecule has 0 aliphatic heterocycles. The number of aromatic nitrogens is 1. The van der Waals surface area contributed by atoms with E-state index in [4.69, 9.17) is 37.1 Å². The minimum atomic E-state index is -0.561. The van der Waals surface area contributed by atoms with E-state index in [-0.39, 0.29) is 6.61 Å². The van der Waals surface area contributed by atoms with Crippen molar-refractivity contribution < 1.29 is 23.5 Å². The van der Waals surface area contributed by atoms with Gasteiger partial charge in [0.1, 0.15) is 11.1 Å². The quantitative estimate of drug-likeness (QED) is 0.362. The van der Waals surface area contributed by atoms with Gasteiger partial charge in [-0.05, 0) is 63.6 Å². The van der Waals surface area contributed by atoms with E-state index in [1.165, 1.54) is 0 Å². The van der Waals surface area contributed by atoms with Crippen LogP contribution < -0.4 is 5.32 Å². The van der Waals surface area contributed by atoms with Gasteiger partial charge in [-0.2, -0.15) is 0 Å². The second-order valence-corrected chi connectivity index (χ2v) is 8.65. The largest absolute Gasteiger partial charge is 0.462 e. The Bertz CT molecular complexity index is 1080. The zero-order chi connectivity index (χ0) is 22.6. The van der Waals surface area contributed by atoms with Crippen molar-refractivity contribution in [1.29, 1.82) is 0 Å². The molecule has 164 valence electrons. The van der Waals surface area contributed by atoms with E-state index in [2.05, 4.69) is 10.3 Å². The summed E-state index contributed by atoms with van der Waals surface area (Å²) in [5, 5.41) is 3.54. The van der Waals surface area contributed by atoms with Crippen molar-refractivity contribution in [2.45, 2.75) is 32.8 Å². The summed E-state index contributed by atoms with van der Waals surface area (Å²) >= 11 is 12.1. The molecule has 1 amide bonds. The molecule has 31 heavy (non-hydrogen) atoms. The van der Waals surface area contributed by atoms with Crippen LogP contribution in [-0.4, -0.2) is 35.8 Å². The lowest BCUT2D eigenvalue weighted by Gasteiger charge is -2.19. The maximum Gasteiger partial charge on any atom is 0.407 e. The second-order valence-electron chi connectivity index (χ2n) is 7.78. The molecule has 1 N–H and O–H groups in total. The number of halogens is 2. The number of esters is 1. The number of nitrogens with zero attached hydrogens (tertiary/aromatic N) is 1. The van der Waals surface area contributed by atoms with Crippen molar-refractivity contribution in [2.75, 3.05) is 13.2 Å².